The summed E-state index contributed by atoms with van der Waals surface area (Å²) in [6.45, 7) is 5.30. The molecule has 10 heteroatoms. The zero-order chi connectivity index (χ0) is 30.0. The third-order valence-electron chi connectivity index (χ3n) is 6.87. The van der Waals surface area contributed by atoms with Gasteiger partial charge in [0, 0.05) is 12.6 Å². The molecule has 2 amide bonds. The summed E-state index contributed by atoms with van der Waals surface area (Å²) in [5.74, 6) is 0.409. The van der Waals surface area contributed by atoms with Gasteiger partial charge in [-0.25, -0.2) is 8.42 Å². The molecule has 1 N–H and O–H groups in total. The number of nitrogens with one attached hydrogen (secondary N) is 1. The Morgan fingerprint density at radius 2 is 1.39 bits per heavy atom. The largest absolute Gasteiger partial charge is 0.497 e. The Kier molecular flexibility index (Phi) is 11.2. The van der Waals surface area contributed by atoms with E-state index in [1.54, 1.807) is 61.7 Å². The second kappa shape index (κ2) is 14.5. The van der Waals surface area contributed by atoms with Crippen molar-refractivity contribution in [2.75, 3.05) is 25.1 Å². The van der Waals surface area contributed by atoms with Gasteiger partial charge in [0.05, 0.1) is 24.8 Å². The molecule has 9 nitrogen and oxygen atoms in total. The van der Waals surface area contributed by atoms with Crippen molar-refractivity contribution in [1.82, 2.24) is 10.2 Å². The van der Waals surface area contributed by atoms with Gasteiger partial charge in [-0.2, -0.15) is 0 Å². The first-order chi connectivity index (χ1) is 19.6. The average Bonchev–Trinajstić information content (AvgIpc) is 3.00. The number of carbonyl (C=O) groups is 2. The van der Waals surface area contributed by atoms with Gasteiger partial charge in [0.2, 0.25) is 11.8 Å². The molecule has 0 fully saturated rings. The van der Waals surface area contributed by atoms with Crippen LogP contribution in [0.15, 0.2) is 83.8 Å². The molecule has 0 bridgehead atoms. The quantitative estimate of drug-likeness (QED) is 0.298. The van der Waals surface area contributed by atoms with Gasteiger partial charge in [-0.15, -0.1) is 0 Å². The summed E-state index contributed by atoms with van der Waals surface area (Å²) >= 11 is 0. The molecule has 41 heavy (non-hydrogen) atoms. The van der Waals surface area contributed by atoms with Crippen LogP contribution in [0.5, 0.6) is 11.5 Å². The van der Waals surface area contributed by atoms with Crippen molar-refractivity contribution in [1.29, 1.82) is 0 Å². The number of benzene rings is 3. The predicted octanol–water partition coefficient (Wildman–Crippen LogP) is 4.62. The Bertz CT molecular complexity index is 1380. The molecule has 0 aliphatic heterocycles. The predicted molar refractivity (Wildman–Crippen MR) is 159 cm³/mol. The van der Waals surface area contributed by atoms with Gasteiger partial charge in [-0.05, 0) is 73.9 Å². The van der Waals surface area contributed by atoms with E-state index in [1.165, 1.54) is 24.1 Å². The molecule has 0 aromatic heterocycles. The highest BCUT2D eigenvalue weighted by atomic mass is 32.2. The minimum atomic E-state index is -4.13. The summed E-state index contributed by atoms with van der Waals surface area (Å²) in [5, 5.41) is 2.98. The van der Waals surface area contributed by atoms with Crippen molar-refractivity contribution in [3.05, 3.63) is 84.4 Å². The fourth-order valence-electron chi connectivity index (χ4n) is 4.29. The molecule has 3 aromatic carbocycles. The molecule has 0 spiro atoms. The van der Waals surface area contributed by atoms with Crippen molar-refractivity contribution in [3.63, 3.8) is 0 Å². The molecule has 0 saturated carbocycles. The molecule has 0 aliphatic rings. The smallest absolute Gasteiger partial charge is 0.264 e. The van der Waals surface area contributed by atoms with E-state index in [2.05, 4.69) is 5.32 Å². The monoisotopic (exact) mass is 581 g/mol. The molecule has 220 valence electrons. The maximum atomic E-state index is 14.1. The minimum absolute atomic E-state index is 0.0480. The molecule has 2 atom stereocenters. The molecule has 0 radical (unpaired) electrons. The molecular formula is C31H39N3O6S. The lowest BCUT2D eigenvalue weighted by Gasteiger charge is -2.33. The van der Waals surface area contributed by atoms with Crippen LogP contribution < -0.4 is 19.1 Å². The zero-order valence-electron chi connectivity index (χ0n) is 24.2. The van der Waals surface area contributed by atoms with E-state index in [4.69, 9.17) is 9.47 Å². The normalized spacial score (nSPS) is 12.6. The summed E-state index contributed by atoms with van der Waals surface area (Å²) in [6.07, 6.45) is 1.08. The number of nitrogens with zero attached hydrogens (tertiary/aromatic N) is 2. The van der Waals surface area contributed by atoms with Gasteiger partial charge in [-0.1, -0.05) is 44.2 Å². The number of hydrogen-bond acceptors (Lipinski definition) is 6. The van der Waals surface area contributed by atoms with Crippen molar-refractivity contribution in [2.45, 2.75) is 57.1 Å². The third kappa shape index (κ3) is 8.00. The Morgan fingerprint density at radius 3 is 1.90 bits per heavy atom. The molecule has 3 rings (SSSR count). The maximum absolute atomic E-state index is 14.1. The van der Waals surface area contributed by atoms with E-state index in [1.807, 2.05) is 32.9 Å². The van der Waals surface area contributed by atoms with Gasteiger partial charge in [-0.3, -0.25) is 13.9 Å². The second-order valence-corrected chi connectivity index (χ2v) is 11.5. The van der Waals surface area contributed by atoms with E-state index in [9.17, 15) is 18.0 Å². The average molecular weight is 582 g/mol. The molecule has 0 heterocycles. The summed E-state index contributed by atoms with van der Waals surface area (Å²) < 4.78 is 39.3. The molecule has 0 saturated heterocycles. The summed E-state index contributed by atoms with van der Waals surface area (Å²) in [7, 11) is -1.05. The fraction of sp³-hybridized carbons (Fsp3) is 0.355. The number of methoxy groups -OCH3 is 2. The van der Waals surface area contributed by atoms with Crippen LogP contribution in [0.4, 0.5) is 5.69 Å². The standard InChI is InChI=1S/C31H39N3O6S/c1-6-23(3)32-31(36)29(7-2)33(21-24-13-17-26(39-4)18-14-24)30(35)22-34(25-15-19-27(40-5)20-16-25)41(37,38)28-11-9-8-10-12-28/h8-20,23,29H,6-7,21-22H2,1-5H3,(H,32,36)/t23-,29+/m0/s1. The van der Waals surface area contributed by atoms with E-state index in [0.717, 1.165) is 16.3 Å². The van der Waals surface area contributed by atoms with Crippen LogP contribution in [0.2, 0.25) is 0 Å². The van der Waals surface area contributed by atoms with Crippen molar-refractivity contribution >= 4 is 27.5 Å². The van der Waals surface area contributed by atoms with Crippen molar-refractivity contribution in [3.8, 4) is 11.5 Å². The Labute approximate surface area is 243 Å². The molecule has 3 aromatic rings. The lowest BCUT2D eigenvalue weighted by Crippen LogP contribution is -2.53. The summed E-state index contributed by atoms with van der Waals surface area (Å²) in [6, 6.07) is 20.7. The molecular weight excluding hydrogens is 542 g/mol. The summed E-state index contributed by atoms with van der Waals surface area (Å²) in [4.78, 5) is 29.0. The van der Waals surface area contributed by atoms with Crippen LogP contribution in [0.25, 0.3) is 0 Å². The highest BCUT2D eigenvalue weighted by Gasteiger charge is 2.34. The number of carbonyl (C=O) groups excluding carboxylic acids is 2. The number of amides is 2. The zero-order valence-corrected chi connectivity index (χ0v) is 25.1. The van der Waals surface area contributed by atoms with Crippen LogP contribution in [-0.4, -0.2) is 58.0 Å². The maximum Gasteiger partial charge on any atom is 0.264 e. The topological polar surface area (TPSA) is 105 Å². The van der Waals surface area contributed by atoms with Crippen LogP contribution in [0.1, 0.15) is 39.2 Å². The van der Waals surface area contributed by atoms with Crippen LogP contribution in [0, 0.1) is 0 Å². The van der Waals surface area contributed by atoms with Crippen LogP contribution in [0.3, 0.4) is 0 Å². The number of anilines is 1. The number of hydrogen-bond donors (Lipinski definition) is 1. The van der Waals surface area contributed by atoms with E-state index >= 15 is 0 Å². The first-order valence-corrected chi connectivity index (χ1v) is 15.0. The molecule has 0 unspecified atom stereocenters. The lowest BCUT2D eigenvalue weighted by atomic mass is 10.1. The first kappa shape index (κ1) is 31.5. The van der Waals surface area contributed by atoms with Gasteiger partial charge in [0.25, 0.3) is 10.0 Å². The third-order valence-corrected chi connectivity index (χ3v) is 8.66. The second-order valence-electron chi connectivity index (χ2n) is 9.63. The van der Waals surface area contributed by atoms with Gasteiger partial charge in [0.15, 0.2) is 0 Å². The summed E-state index contributed by atoms with van der Waals surface area (Å²) in [5.41, 5.74) is 1.07. The Balaban J connectivity index is 2.04. The van der Waals surface area contributed by atoms with Crippen LogP contribution >= 0.6 is 0 Å². The van der Waals surface area contributed by atoms with Gasteiger partial charge < -0.3 is 19.7 Å². The number of sulfonamides is 1. The lowest BCUT2D eigenvalue weighted by molar-refractivity contribution is -0.140. The molecule has 0 aliphatic carbocycles. The van der Waals surface area contributed by atoms with Crippen LogP contribution in [-0.2, 0) is 26.2 Å². The Morgan fingerprint density at radius 1 is 0.829 bits per heavy atom. The van der Waals surface area contributed by atoms with Gasteiger partial charge >= 0.3 is 0 Å². The SMILES string of the molecule is CC[C@H](C(=O)N[C@@H](C)CC)N(Cc1ccc(OC)cc1)C(=O)CN(c1ccc(OC)cc1)S(=O)(=O)c1ccccc1. The first-order valence-electron chi connectivity index (χ1n) is 13.6. The minimum Gasteiger partial charge on any atom is -0.497 e. The fourth-order valence-corrected chi connectivity index (χ4v) is 5.72. The van der Waals surface area contributed by atoms with E-state index in [-0.39, 0.29) is 23.4 Å². The van der Waals surface area contributed by atoms with E-state index < -0.39 is 28.5 Å². The Hall–Kier alpha value is -4.05. The van der Waals surface area contributed by atoms with Crippen molar-refractivity contribution in [2.24, 2.45) is 0 Å². The highest BCUT2D eigenvalue weighted by molar-refractivity contribution is 7.92. The highest BCUT2D eigenvalue weighted by Crippen LogP contribution is 2.27. The number of ether oxygens (including phenoxy) is 2. The van der Waals surface area contributed by atoms with Crippen molar-refractivity contribution < 1.29 is 27.5 Å². The van der Waals surface area contributed by atoms with E-state index in [0.29, 0.717) is 23.6 Å². The number of rotatable bonds is 14. The van der Waals surface area contributed by atoms with Gasteiger partial charge in [0.1, 0.15) is 24.1 Å².